The Hall–Kier alpha value is -2.91. The van der Waals surface area contributed by atoms with Gasteiger partial charge in [-0.3, -0.25) is 9.59 Å². The molecule has 1 atom stereocenters. The lowest BCUT2D eigenvalue weighted by molar-refractivity contribution is -0.122. The van der Waals surface area contributed by atoms with E-state index in [9.17, 15) is 18.0 Å². The van der Waals surface area contributed by atoms with Crippen LogP contribution in [0.25, 0.3) is 0 Å². The maximum atomic E-state index is 12.9. The molecule has 2 aliphatic heterocycles. The van der Waals surface area contributed by atoms with E-state index in [-0.39, 0.29) is 29.7 Å². The van der Waals surface area contributed by atoms with Crippen molar-refractivity contribution in [2.24, 2.45) is 11.8 Å². The number of amides is 2. The highest BCUT2D eigenvalue weighted by Crippen LogP contribution is 2.28. The fourth-order valence-electron chi connectivity index (χ4n) is 4.22. The van der Waals surface area contributed by atoms with Crippen molar-refractivity contribution in [3.8, 4) is 5.75 Å². The second kappa shape index (κ2) is 9.52. The number of hydrogen-bond acceptors (Lipinski definition) is 5. The van der Waals surface area contributed by atoms with E-state index in [4.69, 9.17) is 4.74 Å². The molecule has 1 N–H and O–H groups in total. The highest BCUT2D eigenvalue weighted by atomic mass is 32.2. The summed E-state index contributed by atoms with van der Waals surface area (Å²) in [4.78, 5) is 27.0. The molecule has 2 heterocycles. The van der Waals surface area contributed by atoms with E-state index >= 15 is 0 Å². The average Bonchev–Trinajstić information content (AvgIpc) is 3.21. The molecular weight excluding hydrogens is 442 g/mol. The summed E-state index contributed by atoms with van der Waals surface area (Å²) in [6.07, 6.45) is 1.85. The number of benzene rings is 2. The predicted molar refractivity (Wildman–Crippen MR) is 126 cm³/mol. The summed E-state index contributed by atoms with van der Waals surface area (Å²) in [6.45, 7) is 3.48. The molecule has 2 saturated heterocycles. The van der Waals surface area contributed by atoms with E-state index in [0.29, 0.717) is 30.4 Å². The van der Waals surface area contributed by atoms with Crippen LogP contribution < -0.4 is 15.0 Å². The predicted octanol–water partition coefficient (Wildman–Crippen LogP) is 3.11. The molecule has 2 aromatic carbocycles. The van der Waals surface area contributed by atoms with Gasteiger partial charge in [0.05, 0.1) is 17.9 Å². The van der Waals surface area contributed by atoms with Crippen LogP contribution in [0, 0.1) is 11.8 Å². The molecule has 8 nitrogen and oxygen atoms in total. The van der Waals surface area contributed by atoms with E-state index in [1.165, 1.54) is 16.4 Å². The van der Waals surface area contributed by atoms with E-state index in [2.05, 4.69) is 12.2 Å². The third kappa shape index (κ3) is 5.04. The smallest absolute Gasteiger partial charge is 0.243 e. The van der Waals surface area contributed by atoms with Gasteiger partial charge in [-0.05, 0) is 67.3 Å². The van der Waals surface area contributed by atoms with Gasteiger partial charge >= 0.3 is 0 Å². The highest BCUT2D eigenvalue weighted by molar-refractivity contribution is 7.89. The maximum Gasteiger partial charge on any atom is 0.243 e. The minimum atomic E-state index is -3.54. The van der Waals surface area contributed by atoms with Gasteiger partial charge in [0.25, 0.3) is 0 Å². The zero-order chi connectivity index (χ0) is 23.6. The first-order valence-corrected chi connectivity index (χ1v) is 12.6. The molecule has 0 bridgehead atoms. The van der Waals surface area contributed by atoms with Gasteiger partial charge in [-0.15, -0.1) is 0 Å². The number of nitrogens with one attached hydrogen (secondary N) is 1. The summed E-state index contributed by atoms with van der Waals surface area (Å²) >= 11 is 0. The summed E-state index contributed by atoms with van der Waals surface area (Å²) in [5.41, 5.74) is 1.22. The van der Waals surface area contributed by atoms with Crippen LogP contribution in [-0.2, 0) is 19.6 Å². The molecule has 0 aliphatic carbocycles. The van der Waals surface area contributed by atoms with Gasteiger partial charge in [0.15, 0.2) is 0 Å². The molecule has 0 aromatic heterocycles. The van der Waals surface area contributed by atoms with Gasteiger partial charge < -0.3 is 15.0 Å². The summed E-state index contributed by atoms with van der Waals surface area (Å²) in [6, 6.07) is 13.4. The largest absolute Gasteiger partial charge is 0.497 e. The quantitative estimate of drug-likeness (QED) is 0.698. The Bertz CT molecular complexity index is 1110. The Morgan fingerprint density at radius 2 is 1.67 bits per heavy atom. The van der Waals surface area contributed by atoms with Gasteiger partial charge in [-0.2, -0.15) is 4.31 Å². The Labute approximate surface area is 194 Å². The molecule has 0 saturated carbocycles. The zero-order valence-electron chi connectivity index (χ0n) is 18.9. The molecular formula is C24H29N3O5S. The fourth-order valence-corrected chi connectivity index (χ4v) is 5.69. The number of anilines is 2. The van der Waals surface area contributed by atoms with Crippen molar-refractivity contribution in [1.29, 1.82) is 0 Å². The first-order chi connectivity index (χ1) is 15.8. The maximum absolute atomic E-state index is 12.9. The topological polar surface area (TPSA) is 96.0 Å². The van der Waals surface area contributed by atoms with Crippen molar-refractivity contribution in [2.45, 2.75) is 31.1 Å². The van der Waals surface area contributed by atoms with Crippen LogP contribution in [0.15, 0.2) is 53.4 Å². The van der Waals surface area contributed by atoms with Crippen molar-refractivity contribution in [2.75, 3.05) is 37.0 Å². The Kier molecular flexibility index (Phi) is 6.71. The van der Waals surface area contributed by atoms with Crippen molar-refractivity contribution >= 4 is 33.2 Å². The SMILES string of the molecule is COc1ccc(N2CC(C(=O)Nc3ccc(S(=O)(=O)N4CCC(C)CC4)cc3)CC2=O)cc1. The number of sulfonamides is 1. The van der Waals surface area contributed by atoms with Crippen molar-refractivity contribution in [3.63, 3.8) is 0 Å². The molecule has 4 rings (SSSR count). The number of hydrogen-bond donors (Lipinski definition) is 1. The van der Waals surface area contributed by atoms with Crippen LogP contribution in [0.1, 0.15) is 26.2 Å². The van der Waals surface area contributed by atoms with Crippen molar-refractivity contribution in [3.05, 3.63) is 48.5 Å². The molecule has 2 fully saturated rings. The number of nitrogens with zero attached hydrogens (tertiary/aromatic N) is 2. The van der Waals surface area contributed by atoms with Gasteiger partial charge in [0, 0.05) is 37.4 Å². The van der Waals surface area contributed by atoms with E-state index in [1.807, 2.05) is 0 Å². The summed E-state index contributed by atoms with van der Waals surface area (Å²) in [7, 11) is -1.96. The third-order valence-electron chi connectivity index (χ3n) is 6.38. The molecule has 0 spiro atoms. The molecule has 2 aliphatic rings. The molecule has 2 amide bonds. The van der Waals surface area contributed by atoms with Crippen LogP contribution in [0.4, 0.5) is 11.4 Å². The average molecular weight is 472 g/mol. The first kappa shape index (κ1) is 23.3. The number of methoxy groups -OCH3 is 1. The standard InChI is InChI=1S/C24H29N3O5S/c1-17-11-13-26(14-12-17)33(30,31)22-9-3-19(4-10-22)25-24(29)18-15-23(28)27(16-18)20-5-7-21(32-2)8-6-20/h3-10,17-18H,11-16H2,1-2H3,(H,25,29). The van der Waals surface area contributed by atoms with Crippen molar-refractivity contribution < 1.29 is 22.7 Å². The Morgan fingerprint density at radius 3 is 2.27 bits per heavy atom. The monoisotopic (exact) mass is 471 g/mol. The minimum absolute atomic E-state index is 0.113. The molecule has 2 aromatic rings. The van der Waals surface area contributed by atoms with Crippen LogP contribution in [0.5, 0.6) is 5.75 Å². The molecule has 1 unspecified atom stereocenters. The first-order valence-electron chi connectivity index (χ1n) is 11.1. The lowest BCUT2D eigenvalue weighted by atomic mass is 10.0. The summed E-state index contributed by atoms with van der Waals surface area (Å²) < 4.78 is 32.4. The lowest BCUT2D eigenvalue weighted by Gasteiger charge is -2.29. The van der Waals surface area contributed by atoms with Crippen molar-refractivity contribution in [1.82, 2.24) is 4.31 Å². The van der Waals surface area contributed by atoms with Gasteiger partial charge in [0.1, 0.15) is 5.75 Å². The molecule has 0 radical (unpaired) electrons. The Morgan fingerprint density at radius 1 is 1.03 bits per heavy atom. The Balaban J connectivity index is 1.38. The van der Waals surface area contributed by atoms with E-state index in [1.54, 1.807) is 48.4 Å². The number of rotatable bonds is 6. The number of carbonyl (C=O) groups excluding carboxylic acids is 2. The summed E-state index contributed by atoms with van der Waals surface area (Å²) in [5, 5.41) is 2.81. The van der Waals surface area contributed by atoms with Crippen LogP contribution >= 0.6 is 0 Å². The number of ether oxygens (including phenoxy) is 1. The molecule has 9 heteroatoms. The van der Waals surface area contributed by atoms with Crippen LogP contribution in [0.2, 0.25) is 0 Å². The van der Waals surface area contributed by atoms with Crippen LogP contribution in [-0.4, -0.2) is 51.3 Å². The minimum Gasteiger partial charge on any atom is -0.497 e. The lowest BCUT2D eigenvalue weighted by Crippen LogP contribution is -2.37. The van der Waals surface area contributed by atoms with Gasteiger partial charge in [-0.1, -0.05) is 6.92 Å². The molecule has 176 valence electrons. The van der Waals surface area contributed by atoms with Gasteiger partial charge in [0.2, 0.25) is 21.8 Å². The van der Waals surface area contributed by atoms with E-state index < -0.39 is 15.9 Å². The highest BCUT2D eigenvalue weighted by Gasteiger charge is 2.35. The van der Waals surface area contributed by atoms with Gasteiger partial charge in [-0.25, -0.2) is 8.42 Å². The van der Waals surface area contributed by atoms with Crippen LogP contribution in [0.3, 0.4) is 0 Å². The van der Waals surface area contributed by atoms with E-state index in [0.717, 1.165) is 18.5 Å². The fraction of sp³-hybridized carbons (Fsp3) is 0.417. The number of piperidine rings is 1. The second-order valence-electron chi connectivity index (χ2n) is 8.70. The normalized spacial score (nSPS) is 20.1. The third-order valence-corrected chi connectivity index (χ3v) is 8.30. The number of carbonyl (C=O) groups is 2. The molecule has 33 heavy (non-hydrogen) atoms. The zero-order valence-corrected chi connectivity index (χ0v) is 19.7. The summed E-state index contributed by atoms with van der Waals surface area (Å²) in [5.74, 6) is 0.369. The second-order valence-corrected chi connectivity index (χ2v) is 10.6.